The van der Waals surface area contributed by atoms with Gasteiger partial charge in [0.2, 0.25) is 15.9 Å². The predicted octanol–water partition coefficient (Wildman–Crippen LogP) is 2.76. The van der Waals surface area contributed by atoms with Gasteiger partial charge in [0.05, 0.1) is 17.0 Å². The first-order chi connectivity index (χ1) is 12.9. The summed E-state index contributed by atoms with van der Waals surface area (Å²) < 4.78 is 33.1. The SMILES string of the molecule is CCCNC(=O)C(Cc1ccccc1)NS(=O)(=O)c1ccc(OC)c(Cl)c1. The Morgan fingerprint density at radius 2 is 1.89 bits per heavy atom. The minimum Gasteiger partial charge on any atom is -0.495 e. The van der Waals surface area contributed by atoms with Crippen LogP contribution in [0.4, 0.5) is 0 Å². The average molecular weight is 411 g/mol. The van der Waals surface area contributed by atoms with E-state index < -0.39 is 16.1 Å². The van der Waals surface area contributed by atoms with E-state index in [1.54, 1.807) is 0 Å². The van der Waals surface area contributed by atoms with Gasteiger partial charge in [0.25, 0.3) is 0 Å². The second-order valence-corrected chi connectivity index (χ2v) is 8.07. The van der Waals surface area contributed by atoms with Crippen molar-refractivity contribution in [2.45, 2.75) is 30.7 Å². The van der Waals surface area contributed by atoms with Crippen LogP contribution >= 0.6 is 11.6 Å². The third kappa shape index (κ3) is 5.95. The molecule has 0 aliphatic heterocycles. The molecule has 0 radical (unpaired) electrons. The van der Waals surface area contributed by atoms with Crippen LogP contribution in [0.15, 0.2) is 53.4 Å². The fraction of sp³-hybridized carbons (Fsp3) is 0.316. The third-order valence-electron chi connectivity index (χ3n) is 3.88. The molecule has 0 aliphatic rings. The third-order valence-corrected chi connectivity index (χ3v) is 5.64. The standard InChI is InChI=1S/C19H23ClN2O4S/c1-3-11-21-19(23)17(12-14-7-5-4-6-8-14)22-27(24,25)15-9-10-18(26-2)16(20)13-15/h4-10,13,17,22H,3,11-12H2,1-2H3,(H,21,23). The van der Waals surface area contributed by atoms with Crippen LogP contribution in [0.2, 0.25) is 5.02 Å². The van der Waals surface area contributed by atoms with E-state index in [-0.39, 0.29) is 22.2 Å². The highest BCUT2D eigenvalue weighted by Crippen LogP contribution is 2.27. The average Bonchev–Trinajstić information content (AvgIpc) is 2.66. The maximum Gasteiger partial charge on any atom is 0.241 e. The maximum atomic E-state index is 12.8. The van der Waals surface area contributed by atoms with Crippen molar-refractivity contribution in [1.29, 1.82) is 0 Å². The zero-order valence-electron chi connectivity index (χ0n) is 15.2. The summed E-state index contributed by atoms with van der Waals surface area (Å²) >= 11 is 6.04. The van der Waals surface area contributed by atoms with Gasteiger partial charge in [0.1, 0.15) is 11.8 Å². The van der Waals surface area contributed by atoms with E-state index in [4.69, 9.17) is 16.3 Å². The van der Waals surface area contributed by atoms with Crippen molar-refractivity contribution in [2.75, 3.05) is 13.7 Å². The van der Waals surface area contributed by atoms with Crippen LogP contribution < -0.4 is 14.8 Å². The summed E-state index contributed by atoms with van der Waals surface area (Å²) in [7, 11) is -2.50. The molecule has 2 aromatic carbocycles. The number of amides is 1. The molecule has 8 heteroatoms. The molecule has 6 nitrogen and oxygen atoms in total. The smallest absolute Gasteiger partial charge is 0.241 e. The van der Waals surface area contributed by atoms with E-state index in [9.17, 15) is 13.2 Å². The van der Waals surface area contributed by atoms with Gasteiger partial charge in [-0.15, -0.1) is 0 Å². The van der Waals surface area contributed by atoms with Crippen molar-refractivity contribution in [3.05, 3.63) is 59.1 Å². The summed E-state index contributed by atoms with van der Waals surface area (Å²) in [4.78, 5) is 12.5. The first-order valence-corrected chi connectivity index (χ1v) is 10.4. The van der Waals surface area contributed by atoms with Crippen molar-refractivity contribution in [3.8, 4) is 5.75 Å². The second kappa shape index (κ2) is 9.73. The zero-order valence-corrected chi connectivity index (χ0v) is 16.8. The molecule has 146 valence electrons. The minimum atomic E-state index is -3.95. The molecule has 2 aromatic rings. The normalized spacial score (nSPS) is 12.4. The van der Waals surface area contributed by atoms with Crippen LogP contribution in [0, 0.1) is 0 Å². The number of nitrogens with one attached hydrogen (secondary N) is 2. The molecule has 27 heavy (non-hydrogen) atoms. The number of ether oxygens (including phenoxy) is 1. The molecule has 0 aromatic heterocycles. The van der Waals surface area contributed by atoms with E-state index in [2.05, 4.69) is 10.0 Å². The largest absolute Gasteiger partial charge is 0.495 e. The lowest BCUT2D eigenvalue weighted by Gasteiger charge is -2.19. The molecule has 0 bridgehead atoms. The number of sulfonamides is 1. The van der Waals surface area contributed by atoms with Crippen LogP contribution in [0.25, 0.3) is 0 Å². The van der Waals surface area contributed by atoms with Crippen LogP contribution in [0.5, 0.6) is 5.75 Å². The van der Waals surface area contributed by atoms with Crippen molar-refractivity contribution < 1.29 is 17.9 Å². The van der Waals surface area contributed by atoms with Crippen LogP contribution in [-0.2, 0) is 21.2 Å². The summed E-state index contributed by atoms with van der Waals surface area (Å²) in [5.74, 6) is 0.000952. The Morgan fingerprint density at radius 3 is 2.48 bits per heavy atom. The number of halogens is 1. The number of hydrogen-bond donors (Lipinski definition) is 2. The van der Waals surface area contributed by atoms with Gasteiger partial charge >= 0.3 is 0 Å². The quantitative estimate of drug-likeness (QED) is 0.665. The Balaban J connectivity index is 2.26. The predicted molar refractivity (Wildman–Crippen MR) is 106 cm³/mol. The number of carbonyl (C=O) groups excluding carboxylic acids is 1. The topological polar surface area (TPSA) is 84.5 Å². The van der Waals surface area contributed by atoms with Crippen molar-refractivity contribution in [3.63, 3.8) is 0 Å². The lowest BCUT2D eigenvalue weighted by molar-refractivity contribution is -0.122. The number of rotatable bonds is 9. The molecular weight excluding hydrogens is 388 g/mol. The van der Waals surface area contributed by atoms with Crippen LogP contribution in [0.3, 0.4) is 0 Å². The molecule has 1 atom stereocenters. The van der Waals surface area contributed by atoms with Crippen molar-refractivity contribution in [2.24, 2.45) is 0 Å². The molecule has 0 aliphatic carbocycles. The molecule has 0 heterocycles. The molecule has 2 N–H and O–H groups in total. The minimum absolute atomic E-state index is 0.0327. The fourth-order valence-electron chi connectivity index (χ4n) is 2.48. The number of methoxy groups -OCH3 is 1. The van der Waals surface area contributed by atoms with E-state index in [0.717, 1.165) is 12.0 Å². The summed E-state index contributed by atoms with van der Waals surface area (Å²) in [6.45, 7) is 2.40. The molecule has 0 fully saturated rings. The fourth-order valence-corrected chi connectivity index (χ4v) is 4.02. The highest BCUT2D eigenvalue weighted by molar-refractivity contribution is 7.89. The van der Waals surface area contributed by atoms with Crippen molar-refractivity contribution in [1.82, 2.24) is 10.0 Å². The Morgan fingerprint density at radius 1 is 1.19 bits per heavy atom. The van der Waals surface area contributed by atoms with Gasteiger partial charge < -0.3 is 10.1 Å². The molecule has 1 amide bonds. The van der Waals surface area contributed by atoms with E-state index in [0.29, 0.717) is 12.3 Å². The molecule has 0 saturated heterocycles. The van der Waals surface area contributed by atoms with E-state index in [1.807, 2.05) is 37.3 Å². The van der Waals surface area contributed by atoms with Gasteiger partial charge in [0.15, 0.2) is 0 Å². The Kier molecular flexibility index (Phi) is 7.65. The monoisotopic (exact) mass is 410 g/mol. The molecule has 0 spiro atoms. The maximum absolute atomic E-state index is 12.8. The highest BCUT2D eigenvalue weighted by Gasteiger charge is 2.26. The Labute approximate surface area is 164 Å². The lowest BCUT2D eigenvalue weighted by atomic mass is 10.1. The zero-order chi connectivity index (χ0) is 19.9. The number of benzene rings is 2. The van der Waals surface area contributed by atoms with Gasteiger partial charge in [-0.3, -0.25) is 4.79 Å². The summed E-state index contributed by atoms with van der Waals surface area (Å²) in [5.41, 5.74) is 0.851. The van der Waals surface area contributed by atoms with Gasteiger partial charge in [0, 0.05) is 6.54 Å². The van der Waals surface area contributed by atoms with E-state index >= 15 is 0 Å². The van der Waals surface area contributed by atoms with Crippen LogP contribution in [-0.4, -0.2) is 34.0 Å². The van der Waals surface area contributed by atoms with Gasteiger partial charge in [-0.1, -0.05) is 48.9 Å². The first-order valence-electron chi connectivity index (χ1n) is 8.55. The molecule has 0 saturated carbocycles. The highest BCUT2D eigenvalue weighted by atomic mass is 35.5. The molecule has 1 unspecified atom stereocenters. The van der Waals surface area contributed by atoms with Crippen LogP contribution in [0.1, 0.15) is 18.9 Å². The molecule has 2 rings (SSSR count). The Bertz CT molecular complexity index is 873. The van der Waals surface area contributed by atoms with E-state index in [1.165, 1.54) is 25.3 Å². The van der Waals surface area contributed by atoms with Gasteiger partial charge in [-0.25, -0.2) is 8.42 Å². The second-order valence-electron chi connectivity index (χ2n) is 5.95. The summed E-state index contributed by atoms with van der Waals surface area (Å²) in [6, 6.07) is 12.5. The molecular formula is C19H23ClN2O4S. The number of carbonyl (C=O) groups is 1. The number of hydrogen-bond acceptors (Lipinski definition) is 4. The van der Waals surface area contributed by atoms with Crippen molar-refractivity contribution >= 4 is 27.5 Å². The first kappa shape index (κ1) is 21.2. The summed E-state index contributed by atoms with van der Waals surface area (Å²) in [5, 5.41) is 2.92. The van der Waals surface area contributed by atoms with Gasteiger partial charge in [-0.2, -0.15) is 4.72 Å². The van der Waals surface area contributed by atoms with Gasteiger partial charge in [-0.05, 0) is 36.6 Å². The summed E-state index contributed by atoms with van der Waals surface area (Å²) in [6.07, 6.45) is 0.990. The Hall–Kier alpha value is -2.09. The lowest BCUT2D eigenvalue weighted by Crippen LogP contribution is -2.48.